The monoisotopic (exact) mass is 433 g/mol. The first kappa shape index (κ1) is 21.0. The van der Waals surface area contributed by atoms with E-state index in [0.29, 0.717) is 28.2 Å². The maximum absolute atomic E-state index is 13.7. The van der Waals surface area contributed by atoms with Gasteiger partial charge in [-0.15, -0.1) is 0 Å². The lowest BCUT2D eigenvalue weighted by Gasteiger charge is -2.13. The van der Waals surface area contributed by atoms with Gasteiger partial charge < -0.3 is 19.4 Å². The number of hydrogen-bond donors (Lipinski definition) is 1. The number of carbonyl (C=O) groups excluding carboxylic acids is 2. The van der Waals surface area contributed by atoms with E-state index < -0.39 is 11.6 Å². The molecule has 0 saturated carbocycles. The van der Waals surface area contributed by atoms with E-state index in [2.05, 4.69) is 10.3 Å². The van der Waals surface area contributed by atoms with Gasteiger partial charge in [-0.25, -0.2) is 9.37 Å². The van der Waals surface area contributed by atoms with Crippen LogP contribution in [0.2, 0.25) is 0 Å². The molecular weight excluding hydrogens is 413 g/mol. The van der Waals surface area contributed by atoms with Crippen molar-refractivity contribution in [3.05, 3.63) is 83.9 Å². The number of methoxy groups -OCH3 is 2. The molecule has 1 aromatic heterocycles. The lowest BCUT2D eigenvalue weighted by molar-refractivity contribution is -0.116. The number of rotatable bonds is 7. The Bertz CT molecular complexity index is 1320. The number of aromatic nitrogens is 2. The zero-order valence-corrected chi connectivity index (χ0v) is 17.5. The molecule has 8 heteroatoms. The van der Waals surface area contributed by atoms with Crippen molar-refractivity contribution in [3.63, 3.8) is 0 Å². The van der Waals surface area contributed by atoms with Crippen LogP contribution in [0.3, 0.4) is 0 Å². The van der Waals surface area contributed by atoms with Gasteiger partial charge >= 0.3 is 0 Å². The Kier molecular flexibility index (Phi) is 5.85. The number of nitrogens with zero attached hydrogens (tertiary/aromatic N) is 2. The number of para-hydroxylation sites is 2. The van der Waals surface area contributed by atoms with Gasteiger partial charge in [-0.2, -0.15) is 0 Å². The SMILES string of the molecule is COc1ccc(NC(=O)Cn2c(C(=O)c3cccc(F)c3)nc3ccccc32)c(OC)c1. The van der Waals surface area contributed by atoms with E-state index >= 15 is 0 Å². The fourth-order valence-electron chi connectivity index (χ4n) is 3.40. The topological polar surface area (TPSA) is 82.5 Å². The highest BCUT2D eigenvalue weighted by Gasteiger charge is 2.21. The molecule has 0 unspecified atom stereocenters. The Morgan fingerprint density at radius 3 is 2.56 bits per heavy atom. The Balaban J connectivity index is 1.67. The van der Waals surface area contributed by atoms with Crippen LogP contribution >= 0.6 is 0 Å². The molecule has 4 rings (SSSR count). The second kappa shape index (κ2) is 8.89. The summed E-state index contributed by atoms with van der Waals surface area (Å²) < 4.78 is 25.7. The maximum Gasteiger partial charge on any atom is 0.244 e. The highest BCUT2D eigenvalue weighted by molar-refractivity contribution is 6.08. The minimum atomic E-state index is -0.525. The fraction of sp³-hybridized carbons (Fsp3) is 0.125. The molecule has 0 atom stereocenters. The van der Waals surface area contributed by atoms with Gasteiger partial charge in [0.25, 0.3) is 0 Å². The smallest absolute Gasteiger partial charge is 0.244 e. The molecule has 0 spiro atoms. The number of anilines is 1. The summed E-state index contributed by atoms with van der Waals surface area (Å²) in [5, 5.41) is 2.79. The molecule has 1 N–H and O–H groups in total. The molecule has 0 aliphatic rings. The van der Waals surface area contributed by atoms with Crippen LogP contribution in [0.15, 0.2) is 66.7 Å². The summed E-state index contributed by atoms with van der Waals surface area (Å²) in [5.74, 6) is -0.315. The van der Waals surface area contributed by atoms with Crippen molar-refractivity contribution in [3.8, 4) is 11.5 Å². The van der Waals surface area contributed by atoms with Crippen LogP contribution in [0.5, 0.6) is 11.5 Å². The summed E-state index contributed by atoms with van der Waals surface area (Å²) in [5.41, 5.74) is 1.78. The van der Waals surface area contributed by atoms with Gasteiger partial charge in [-0.1, -0.05) is 24.3 Å². The summed E-state index contributed by atoms with van der Waals surface area (Å²) in [6, 6.07) is 17.5. The normalized spacial score (nSPS) is 10.7. The molecule has 1 heterocycles. The number of imidazole rings is 1. The number of ether oxygens (including phenoxy) is 2. The maximum atomic E-state index is 13.7. The average Bonchev–Trinajstić information content (AvgIpc) is 3.17. The van der Waals surface area contributed by atoms with Crippen LogP contribution < -0.4 is 14.8 Å². The van der Waals surface area contributed by atoms with E-state index in [1.807, 2.05) is 0 Å². The van der Waals surface area contributed by atoms with Crippen molar-refractivity contribution in [2.75, 3.05) is 19.5 Å². The number of halogens is 1. The van der Waals surface area contributed by atoms with Gasteiger partial charge in [-0.05, 0) is 36.4 Å². The first-order valence-electron chi connectivity index (χ1n) is 9.77. The molecule has 3 aromatic carbocycles. The van der Waals surface area contributed by atoms with Gasteiger partial charge in [-0.3, -0.25) is 9.59 Å². The Labute approximate surface area is 183 Å². The minimum Gasteiger partial charge on any atom is -0.497 e. The summed E-state index contributed by atoms with van der Waals surface area (Å²) in [4.78, 5) is 30.4. The van der Waals surface area contributed by atoms with E-state index in [4.69, 9.17) is 9.47 Å². The fourth-order valence-corrected chi connectivity index (χ4v) is 3.40. The van der Waals surface area contributed by atoms with Gasteiger partial charge in [0.15, 0.2) is 5.82 Å². The summed E-state index contributed by atoms with van der Waals surface area (Å²) in [6.45, 7) is -0.175. The molecule has 0 bridgehead atoms. The van der Waals surface area contributed by atoms with E-state index in [0.717, 1.165) is 6.07 Å². The number of nitrogens with one attached hydrogen (secondary N) is 1. The molecule has 1 amide bonds. The van der Waals surface area contributed by atoms with Crippen molar-refractivity contribution in [1.29, 1.82) is 0 Å². The van der Waals surface area contributed by atoms with Crippen LogP contribution in [-0.4, -0.2) is 35.5 Å². The molecule has 0 fully saturated rings. The number of fused-ring (bicyclic) bond motifs is 1. The summed E-state index contributed by atoms with van der Waals surface area (Å²) in [7, 11) is 3.03. The molecule has 0 radical (unpaired) electrons. The van der Waals surface area contributed by atoms with Crippen LogP contribution in [0.25, 0.3) is 11.0 Å². The number of hydrogen-bond acceptors (Lipinski definition) is 5. The van der Waals surface area contributed by atoms with Gasteiger partial charge in [0.1, 0.15) is 23.9 Å². The Hall–Kier alpha value is -4.20. The zero-order chi connectivity index (χ0) is 22.7. The van der Waals surface area contributed by atoms with E-state index in [1.165, 1.54) is 37.0 Å². The van der Waals surface area contributed by atoms with E-state index in [1.54, 1.807) is 42.5 Å². The Morgan fingerprint density at radius 1 is 1.00 bits per heavy atom. The minimum absolute atomic E-state index is 0.0497. The second-order valence-electron chi connectivity index (χ2n) is 6.96. The largest absolute Gasteiger partial charge is 0.497 e. The first-order chi connectivity index (χ1) is 15.5. The summed E-state index contributed by atoms with van der Waals surface area (Å²) in [6.07, 6.45) is 0. The second-order valence-corrected chi connectivity index (χ2v) is 6.96. The zero-order valence-electron chi connectivity index (χ0n) is 17.5. The van der Waals surface area contributed by atoms with Crippen LogP contribution in [0.4, 0.5) is 10.1 Å². The van der Waals surface area contributed by atoms with E-state index in [9.17, 15) is 14.0 Å². The van der Waals surface area contributed by atoms with Crippen LogP contribution in [0, 0.1) is 5.82 Å². The molecule has 7 nitrogen and oxygen atoms in total. The number of ketones is 1. The molecule has 32 heavy (non-hydrogen) atoms. The van der Waals surface area contributed by atoms with Gasteiger partial charge in [0.2, 0.25) is 11.7 Å². The summed E-state index contributed by atoms with van der Waals surface area (Å²) >= 11 is 0. The molecule has 162 valence electrons. The van der Waals surface area contributed by atoms with Crippen molar-refractivity contribution in [2.24, 2.45) is 0 Å². The van der Waals surface area contributed by atoms with E-state index in [-0.39, 0.29) is 23.8 Å². The molecule has 4 aromatic rings. The third kappa shape index (κ3) is 4.15. The van der Waals surface area contributed by atoms with Crippen molar-refractivity contribution in [1.82, 2.24) is 9.55 Å². The molecular formula is C24H20FN3O4. The molecule has 0 aliphatic carbocycles. The van der Waals surface area contributed by atoms with Crippen molar-refractivity contribution < 1.29 is 23.5 Å². The third-order valence-corrected chi connectivity index (χ3v) is 4.93. The van der Waals surface area contributed by atoms with Gasteiger partial charge in [0, 0.05) is 11.6 Å². The standard InChI is InChI=1S/C24H20FN3O4/c1-31-17-10-11-19(21(13-17)32-2)26-22(29)14-28-20-9-4-3-8-18(20)27-24(28)23(30)15-6-5-7-16(25)12-15/h3-13H,14H2,1-2H3,(H,26,29). The highest BCUT2D eigenvalue weighted by atomic mass is 19.1. The first-order valence-corrected chi connectivity index (χ1v) is 9.77. The quantitative estimate of drug-likeness (QED) is 0.445. The number of amides is 1. The van der Waals surface area contributed by atoms with Gasteiger partial charge in [0.05, 0.1) is 30.9 Å². The van der Waals surface area contributed by atoms with Crippen LogP contribution in [-0.2, 0) is 11.3 Å². The average molecular weight is 433 g/mol. The lowest BCUT2D eigenvalue weighted by Crippen LogP contribution is -2.22. The third-order valence-electron chi connectivity index (χ3n) is 4.93. The van der Waals surface area contributed by atoms with Crippen molar-refractivity contribution in [2.45, 2.75) is 6.54 Å². The predicted molar refractivity (Wildman–Crippen MR) is 118 cm³/mol. The lowest BCUT2D eigenvalue weighted by atomic mass is 10.1. The number of carbonyl (C=O) groups is 2. The highest BCUT2D eigenvalue weighted by Crippen LogP contribution is 2.29. The molecule has 0 aliphatic heterocycles. The van der Waals surface area contributed by atoms with Crippen molar-refractivity contribution >= 4 is 28.4 Å². The predicted octanol–water partition coefficient (Wildman–Crippen LogP) is 4.06. The number of benzene rings is 3. The van der Waals surface area contributed by atoms with Crippen LogP contribution in [0.1, 0.15) is 16.2 Å². The molecule has 0 saturated heterocycles. The Morgan fingerprint density at radius 2 is 1.81 bits per heavy atom.